The van der Waals surface area contributed by atoms with E-state index in [1.165, 1.54) is 5.56 Å². The first kappa shape index (κ1) is 17.5. The summed E-state index contributed by atoms with van der Waals surface area (Å²) in [4.78, 5) is 10.7. The molecule has 0 unspecified atom stereocenters. The van der Waals surface area contributed by atoms with Crippen molar-refractivity contribution >= 4 is 62.1 Å². The molecule has 0 bridgehead atoms. The van der Waals surface area contributed by atoms with Crippen LogP contribution in [0.2, 0.25) is 0 Å². The van der Waals surface area contributed by atoms with E-state index in [1.54, 1.807) is 0 Å². The molecular formula is C18H14I2O4. The molecule has 1 N–H and O–H groups in total. The van der Waals surface area contributed by atoms with Crippen molar-refractivity contribution in [1.29, 1.82) is 0 Å². The molecule has 0 spiro atoms. The second-order valence-corrected chi connectivity index (χ2v) is 7.50. The van der Waals surface area contributed by atoms with Crippen LogP contribution in [0.1, 0.15) is 16.9 Å². The van der Waals surface area contributed by atoms with Crippen molar-refractivity contribution in [2.24, 2.45) is 0 Å². The van der Waals surface area contributed by atoms with Gasteiger partial charge in [0.15, 0.2) is 6.61 Å². The third-order valence-electron chi connectivity index (χ3n) is 3.75. The molecule has 0 atom stereocenters. The number of benzene rings is 2. The van der Waals surface area contributed by atoms with Gasteiger partial charge in [0.2, 0.25) is 0 Å². The van der Waals surface area contributed by atoms with Crippen LogP contribution in [-0.2, 0) is 11.2 Å². The van der Waals surface area contributed by atoms with Gasteiger partial charge in [-0.15, -0.1) is 0 Å². The van der Waals surface area contributed by atoms with Crippen molar-refractivity contribution in [3.63, 3.8) is 0 Å². The standard InChI is InChI=1S/C18H14I2O4/c1-10-13(12-4-2-3-5-14(12)24-10)8-11-6-7-15(18(20)17(11)19)23-9-16(21)22/h2-7H,8-9H2,1H3,(H,21,22). The van der Waals surface area contributed by atoms with Gasteiger partial charge in [-0.25, -0.2) is 4.79 Å². The summed E-state index contributed by atoms with van der Waals surface area (Å²) in [6, 6.07) is 11.9. The number of carboxylic acids is 1. The quantitative estimate of drug-likeness (QED) is 0.456. The van der Waals surface area contributed by atoms with Gasteiger partial charge >= 0.3 is 5.97 Å². The maximum atomic E-state index is 10.7. The Morgan fingerprint density at radius 1 is 1.17 bits per heavy atom. The third-order valence-corrected chi connectivity index (χ3v) is 7.08. The third kappa shape index (κ3) is 3.53. The minimum Gasteiger partial charge on any atom is -0.481 e. The summed E-state index contributed by atoms with van der Waals surface area (Å²) >= 11 is 4.48. The molecule has 2 aromatic carbocycles. The molecular weight excluding hydrogens is 534 g/mol. The molecule has 0 aliphatic carbocycles. The number of hydrogen-bond acceptors (Lipinski definition) is 3. The molecule has 4 nitrogen and oxygen atoms in total. The molecule has 3 rings (SSSR count). The van der Waals surface area contributed by atoms with Gasteiger partial charge in [-0.05, 0) is 69.8 Å². The zero-order chi connectivity index (χ0) is 17.3. The highest BCUT2D eigenvalue weighted by atomic mass is 127. The van der Waals surface area contributed by atoms with Gasteiger partial charge < -0.3 is 14.3 Å². The SMILES string of the molecule is Cc1oc2ccccc2c1Cc1ccc(OCC(=O)O)c(I)c1I. The van der Waals surface area contributed by atoms with E-state index < -0.39 is 5.97 Å². The van der Waals surface area contributed by atoms with Crippen molar-refractivity contribution in [3.8, 4) is 5.75 Å². The lowest BCUT2D eigenvalue weighted by Gasteiger charge is -2.11. The lowest BCUT2D eigenvalue weighted by molar-refractivity contribution is -0.139. The summed E-state index contributed by atoms with van der Waals surface area (Å²) in [7, 11) is 0. The minimum absolute atomic E-state index is 0.336. The van der Waals surface area contributed by atoms with Gasteiger partial charge in [0.1, 0.15) is 17.1 Å². The van der Waals surface area contributed by atoms with Crippen LogP contribution in [0.3, 0.4) is 0 Å². The van der Waals surface area contributed by atoms with Crippen LogP contribution in [0.15, 0.2) is 40.8 Å². The summed E-state index contributed by atoms with van der Waals surface area (Å²) in [6.45, 7) is 1.65. The molecule has 6 heteroatoms. The van der Waals surface area contributed by atoms with E-state index >= 15 is 0 Å². The van der Waals surface area contributed by atoms with Crippen LogP contribution in [0.25, 0.3) is 11.0 Å². The van der Waals surface area contributed by atoms with Crippen LogP contribution in [0.4, 0.5) is 0 Å². The van der Waals surface area contributed by atoms with E-state index in [0.717, 1.165) is 35.9 Å². The highest BCUT2D eigenvalue weighted by Crippen LogP contribution is 2.33. The first-order valence-corrected chi connectivity index (χ1v) is 9.41. The number of hydrogen-bond donors (Lipinski definition) is 1. The van der Waals surface area contributed by atoms with Gasteiger partial charge in [-0.3, -0.25) is 0 Å². The monoisotopic (exact) mass is 548 g/mol. The Kier molecular flexibility index (Phi) is 5.33. The topological polar surface area (TPSA) is 59.7 Å². The first-order valence-electron chi connectivity index (χ1n) is 7.26. The number of ether oxygens (including phenoxy) is 1. The van der Waals surface area contributed by atoms with Gasteiger partial charge in [0.25, 0.3) is 0 Å². The lowest BCUT2D eigenvalue weighted by atomic mass is 10.0. The second-order valence-electron chi connectivity index (χ2n) is 5.34. The van der Waals surface area contributed by atoms with Crippen molar-refractivity contribution in [3.05, 3.63) is 60.4 Å². The number of rotatable bonds is 5. The predicted molar refractivity (Wildman–Crippen MR) is 109 cm³/mol. The zero-order valence-corrected chi connectivity index (χ0v) is 17.1. The van der Waals surface area contributed by atoms with E-state index in [1.807, 2.05) is 37.3 Å². The number of aliphatic carboxylic acids is 1. The van der Waals surface area contributed by atoms with Crippen LogP contribution in [0, 0.1) is 14.1 Å². The van der Waals surface area contributed by atoms with Crippen LogP contribution in [-0.4, -0.2) is 17.7 Å². The van der Waals surface area contributed by atoms with Gasteiger partial charge in [0.05, 0.1) is 3.57 Å². The Morgan fingerprint density at radius 3 is 2.67 bits per heavy atom. The normalized spacial score (nSPS) is 11.0. The van der Waals surface area contributed by atoms with Crippen LogP contribution >= 0.6 is 45.2 Å². The smallest absolute Gasteiger partial charge is 0.341 e. The van der Waals surface area contributed by atoms with E-state index in [4.69, 9.17) is 14.3 Å². The number of halogens is 2. The molecule has 1 aromatic heterocycles. The maximum absolute atomic E-state index is 10.7. The van der Waals surface area contributed by atoms with E-state index in [9.17, 15) is 4.79 Å². The molecule has 24 heavy (non-hydrogen) atoms. The van der Waals surface area contributed by atoms with Crippen molar-refractivity contribution in [1.82, 2.24) is 0 Å². The first-order chi connectivity index (χ1) is 11.5. The van der Waals surface area contributed by atoms with Crippen molar-refractivity contribution < 1.29 is 19.1 Å². The minimum atomic E-state index is -0.981. The van der Waals surface area contributed by atoms with Crippen LogP contribution < -0.4 is 4.74 Å². The zero-order valence-electron chi connectivity index (χ0n) is 12.8. The Bertz CT molecular complexity index is 915. The summed E-state index contributed by atoms with van der Waals surface area (Å²) in [5.41, 5.74) is 3.24. The Hall–Kier alpha value is -1.29. The van der Waals surface area contributed by atoms with E-state index in [-0.39, 0.29) is 6.61 Å². The number of carbonyl (C=O) groups is 1. The Balaban J connectivity index is 1.94. The van der Waals surface area contributed by atoms with Crippen LogP contribution in [0.5, 0.6) is 5.75 Å². The molecule has 0 aliphatic heterocycles. The summed E-state index contributed by atoms with van der Waals surface area (Å²) in [6.07, 6.45) is 0.760. The average molecular weight is 548 g/mol. The van der Waals surface area contributed by atoms with Crippen molar-refractivity contribution in [2.45, 2.75) is 13.3 Å². The predicted octanol–water partition coefficient (Wildman–Crippen LogP) is 5.00. The molecule has 0 aliphatic rings. The van der Waals surface area contributed by atoms with E-state index in [2.05, 4.69) is 51.2 Å². The molecule has 3 aromatic rings. The fourth-order valence-corrected chi connectivity index (χ4v) is 3.91. The number of para-hydroxylation sites is 1. The molecule has 0 saturated heterocycles. The van der Waals surface area contributed by atoms with Gasteiger partial charge in [0, 0.05) is 20.9 Å². The summed E-state index contributed by atoms with van der Waals surface area (Å²) < 4.78 is 13.2. The van der Waals surface area contributed by atoms with E-state index in [0.29, 0.717) is 5.75 Å². The maximum Gasteiger partial charge on any atom is 0.341 e. The Labute approximate surface area is 166 Å². The lowest BCUT2D eigenvalue weighted by Crippen LogP contribution is -2.10. The fourth-order valence-electron chi connectivity index (χ4n) is 2.59. The molecule has 0 fully saturated rings. The largest absolute Gasteiger partial charge is 0.481 e. The van der Waals surface area contributed by atoms with Gasteiger partial charge in [-0.2, -0.15) is 0 Å². The van der Waals surface area contributed by atoms with Crippen molar-refractivity contribution in [2.75, 3.05) is 6.61 Å². The second kappa shape index (κ2) is 7.30. The summed E-state index contributed by atoms with van der Waals surface area (Å²) in [5.74, 6) is 0.540. The number of carboxylic acid groups (broad SMARTS) is 1. The molecule has 0 radical (unpaired) electrons. The number of fused-ring (bicyclic) bond motifs is 1. The molecule has 0 amide bonds. The molecule has 124 valence electrons. The highest BCUT2D eigenvalue weighted by Gasteiger charge is 2.16. The number of aryl methyl sites for hydroxylation is 1. The average Bonchev–Trinajstić information content (AvgIpc) is 2.86. The molecule has 1 heterocycles. The van der Waals surface area contributed by atoms with Gasteiger partial charge in [-0.1, -0.05) is 24.3 Å². The highest BCUT2D eigenvalue weighted by molar-refractivity contribution is 14.1. The summed E-state index contributed by atoms with van der Waals surface area (Å²) in [5, 5.41) is 9.88. The number of furan rings is 1. The fraction of sp³-hybridized carbons (Fsp3) is 0.167. The molecule has 0 saturated carbocycles. The Morgan fingerprint density at radius 2 is 1.92 bits per heavy atom.